The number of aryl methyl sites for hydroxylation is 2. The topological polar surface area (TPSA) is 47.2 Å². The van der Waals surface area contributed by atoms with Crippen molar-refractivity contribution in [3.8, 4) is 0 Å². The van der Waals surface area contributed by atoms with E-state index in [0.29, 0.717) is 0 Å². The van der Waals surface area contributed by atoms with Crippen molar-refractivity contribution in [2.75, 3.05) is 6.61 Å². The molecule has 0 radical (unpaired) electrons. The molecule has 0 aliphatic carbocycles. The Kier molecular flexibility index (Phi) is 4.46. The summed E-state index contributed by atoms with van der Waals surface area (Å²) < 4.78 is 3.30. The predicted octanol–water partition coefficient (Wildman–Crippen LogP) is 0.740. The van der Waals surface area contributed by atoms with Gasteiger partial charge in [0.15, 0.2) is 0 Å². The average Bonchev–Trinajstić information content (AvgIpc) is 2.49. The minimum absolute atomic E-state index is 0.0483. The highest BCUT2D eigenvalue weighted by Crippen LogP contribution is 2.00. The van der Waals surface area contributed by atoms with Gasteiger partial charge in [0.2, 0.25) is 0 Å². The normalized spacial score (nSPS) is 10.7. The standard InChI is InChI=1S/C10H18N2O2/c1-11-7-8-12(10(11)14)6-4-2-3-5-9-13/h7-8,13H,2-6,9H2,1H3. The van der Waals surface area contributed by atoms with Crippen LogP contribution in [0.15, 0.2) is 17.2 Å². The van der Waals surface area contributed by atoms with Crippen LogP contribution in [0.1, 0.15) is 25.7 Å². The molecule has 0 atom stereocenters. The smallest absolute Gasteiger partial charge is 0.327 e. The van der Waals surface area contributed by atoms with Gasteiger partial charge in [0.25, 0.3) is 0 Å². The van der Waals surface area contributed by atoms with Gasteiger partial charge in [-0.3, -0.25) is 4.57 Å². The molecule has 0 fully saturated rings. The highest BCUT2D eigenvalue weighted by Gasteiger charge is 1.98. The molecule has 0 unspecified atom stereocenters. The molecule has 0 amide bonds. The monoisotopic (exact) mass is 198 g/mol. The first-order valence-corrected chi connectivity index (χ1v) is 5.08. The van der Waals surface area contributed by atoms with E-state index in [4.69, 9.17) is 5.11 Å². The minimum atomic E-state index is 0.0483. The van der Waals surface area contributed by atoms with E-state index in [-0.39, 0.29) is 12.3 Å². The summed E-state index contributed by atoms with van der Waals surface area (Å²) in [7, 11) is 1.75. The predicted molar refractivity (Wildman–Crippen MR) is 55.2 cm³/mol. The van der Waals surface area contributed by atoms with Crippen LogP contribution in [-0.4, -0.2) is 20.8 Å². The van der Waals surface area contributed by atoms with E-state index in [0.717, 1.165) is 32.2 Å². The molecule has 1 N–H and O–H groups in total. The molecule has 1 rings (SSSR count). The maximum Gasteiger partial charge on any atom is 0.327 e. The largest absolute Gasteiger partial charge is 0.396 e. The molecule has 80 valence electrons. The number of hydrogen-bond acceptors (Lipinski definition) is 2. The van der Waals surface area contributed by atoms with Crippen molar-refractivity contribution < 1.29 is 5.11 Å². The molecule has 4 nitrogen and oxygen atoms in total. The van der Waals surface area contributed by atoms with E-state index in [1.54, 1.807) is 22.4 Å². The first kappa shape index (κ1) is 11.0. The second-order valence-corrected chi connectivity index (χ2v) is 3.52. The number of nitrogens with zero attached hydrogens (tertiary/aromatic N) is 2. The molecular weight excluding hydrogens is 180 g/mol. The number of unbranched alkanes of at least 4 members (excludes halogenated alkanes) is 3. The lowest BCUT2D eigenvalue weighted by Gasteiger charge is -2.00. The molecule has 0 saturated carbocycles. The van der Waals surface area contributed by atoms with Gasteiger partial charge in [0.1, 0.15) is 0 Å². The Morgan fingerprint density at radius 2 is 1.93 bits per heavy atom. The molecule has 1 heterocycles. The summed E-state index contributed by atoms with van der Waals surface area (Å²) in [4.78, 5) is 11.4. The van der Waals surface area contributed by atoms with Crippen molar-refractivity contribution in [2.45, 2.75) is 32.2 Å². The minimum Gasteiger partial charge on any atom is -0.396 e. The van der Waals surface area contributed by atoms with Crippen molar-refractivity contribution in [2.24, 2.45) is 7.05 Å². The molecule has 0 aromatic carbocycles. The molecule has 1 aromatic heterocycles. The van der Waals surface area contributed by atoms with Crippen LogP contribution < -0.4 is 5.69 Å². The van der Waals surface area contributed by atoms with Crippen LogP contribution in [0.5, 0.6) is 0 Å². The van der Waals surface area contributed by atoms with E-state index < -0.39 is 0 Å². The van der Waals surface area contributed by atoms with Crippen LogP contribution in [0.4, 0.5) is 0 Å². The van der Waals surface area contributed by atoms with Gasteiger partial charge in [0.05, 0.1) is 0 Å². The molecule has 0 aliphatic heterocycles. The highest BCUT2D eigenvalue weighted by atomic mass is 16.2. The fraction of sp³-hybridized carbons (Fsp3) is 0.700. The maximum atomic E-state index is 11.4. The van der Waals surface area contributed by atoms with E-state index in [2.05, 4.69) is 0 Å². The summed E-state index contributed by atoms with van der Waals surface area (Å²) in [5.41, 5.74) is 0.0483. The third-order valence-electron chi connectivity index (χ3n) is 2.32. The molecule has 0 bridgehead atoms. The zero-order valence-electron chi connectivity index (χ0n) is 8.65. The van der Waals surface area contributed by atoms with Gasteiger partial charge in [-0.25, -0.2) is 4.79 Å². The van der Waals surface area contributed by atoms with Crippen molar-refractivity contribution >= 4 is 0 Å². The van der Waals surface area contributed by atoms with Gasteiger partial charge in [-0.05, 0) is 12.8 Å². The second-order valence-electron chi connectivity index (χ2n) is 3.52. The van der Waals surface area contributed by atoms with Crippen molar-refractivity contribution in [3.05, 3.63) is 22.9 Å². The van der Waals surface area contributed by atoms with Crippen molar-refractivity contribution in [3.63, 3.8) is 0 Å². The molecule has 1 aromatic rings. The Morgan fingerprint density at radius 3 is 2.50 bits per heavy atom. The number of aliphatic hydroxyl groups is 1. The van der Waals surface area contributed by atoms with Crippen molar-refractivity contribution in [1.29, 1.82) is 0 Å². The summed E-state index contributed by atoms with van der Waals surface area (Å²) in [6, 6.07) is 0. The van der Waals surface area contributed by atoms with Gasteiger partial charge in [-0.2, -0.15) is 0 Å². The second kappa shape index (κ2) is 5.65. The lowest BCUT2D eigenvalue weighted by molar-refractivity contribution is 0.282. The SMILES string of the molecule is Cn1ccn(CCCCCCO)c1=O. The first-order chi connectivity index (χ1) is 6.75. The number of aromatic nitrogens is 2. The van der Waals surface area contributed by atoms with E-state index in [1.165, 1.54) is 0 Å². The van der Waals surface area contributed by atoms with Crippen LogP contribution in [0, 0.1) is 0 Å². The summed E-state index contributed by atoms with van der Waals surface area (Å²) in [6.07, 6.45) is 7.57. The molecule has 0 aliphatic rings. The van der Waals surface area contributed by atoms with Crippen LogP contribution in [0.3, 0.4) is 0 Å². The number of imidazole rings is 1. The van der Waals surface area contributed by atoms with Gasteiger partial charge in [-0.15, -0.1) is 0 Å². The van der Waals surface area contributed by atoms with Gasteiger partial charge in [-0.1, -0.05) is 12.8 Å². The van der Waals surface area contributed by atoms with E-state index in [1.807, 2.05) is 6.20 Å². The Balaban J connectivity index is 2.25. The Hall–Kier alpha value is -1.03. The Morgan fingerprint density at radius 1 is 1.21 bits per heavy atom. The molecule has 14 heavy (non-hydrogen) atoms. The van der Waals surface area contributed by atoms with Crippen LogP contribution in [-0.2, 0) is 13.6 Å². The van der Waals surface area contributed by atoms with Crippen LogP contribution in [0.25, 0.3) is 0 Å². The van der Waals surface area contributed by atoms with Crippen molar-refractivity contribution in [1.82, 2.24) is 9.13 Å². The quantitative estimate of drug-likeness (QED) is 0.685. The van der Waals surface area contributed by atoms with Gasteiger partial charge >= 0.3 is 5.69 Å². The molecular formula is C10H18N2O2. The number of aliphatic hydroxyl groups excluding tert-OH is 1. The highest BCUT2D eigenvalue weighted by molar-refractivity contribution is 4.79. The van der Waals surface area contributed by atoms with Gasteiger partial charge in [0, 0.05) is 32.6 Å². The zero-order valence-corrected chi connectivity index (χ0v) is 8.65. The maximum absolute atomic E-state index is 11.4. The lowest BCUT2D eigenvalue weighted by atomic mass is 10.2. The lowest BCUT2D eigenvalue weighted by Crippen LogP contribution is -2.21. The molecule has 4 heteroatoms. The molecule has 0 saturated heterocycles. The molecule has 0 spiro atoms. The van der Waals surface area contributed by atoms with E-state index >= 15 is 0 Å². The third-order valence-corrected chi connectivity index (χ3v) is 2.32. The fourth-order valence-corrected chi connectivity index (χ4v) is 1.43. The summed E-state index contributed by atoms with van der Waals surface area (Å²) >= 11 is 0. The summed E-state index contributed by atoms with van der Waals surface area (Å²) in [5.74, 6) is 0. The Bertz CT molecular complexity index is 314. The average molecular weight is 198 g/mol. The number of rotatable bonds is 6. The zero-order chi connectivity index (χ0) is 10.4. The first-order valence-electron chi connectivity index (χ1n) is 5.08. The fourth-order valence-electron chi connectivity index (χ4n) is 1.43. The summed E-state index contributed by atoms with van der Waals surface area (Å²) in [5, 5.41) is 8.57. The Labute approximate surface area is 83.8 Å². The summed E-state index contributed by atoms with van der Waals surface area (Å²) in [6.45, 7) is 1.05. The van der Waals surface area contributed by atoms with E-state index in [9.17, 15) is 4.79 Å². The van der Waals surface area contributed by atoms with Gasteiger partial charge < -0.3 is 9.67 Å². The van der Waals surface area contributed by atoms with Crippen LogP contribution >= 0.6 is 0 Å². The van der Waals surface area contributed by atoms with Crippen LogP contribution in [0.2, 0.25) is 0 Å². The number of hydrogen-bond donors (Lipinski definition) is 1. The third kappa shape index (κ3) is 3.03.